The lowest BCUT2D eigenvalue weighted by molar-refractivity contribution is 0.412. The zero-order valence-corrected chi connectivity index (χ0v) is 9.94. The van der Waals surface area contributed by atoms with Crippen LogP contribution in [0.4, 0.5) is 0 Å². The Bertz CT molecular complexity index is 503. The summed E-state index contributed by atoms with van der Waals surface area (Å²) in [7, 11) is 0. The molecule has 88 valence electrons. The second-order valence-electron chi connectivity index (χ2n) is 4.11. The molecule has 4 nitrogen and oxygen atoms in total. The van der Waals surface area contributed by atoms with Crippen molar-refractivity contribution in [3.63, 3.8) is 0 Å². The monoisotopic (exact) mass is 249 g/mol. The molecule has 0 spiro atoms. The molecule has 1 aromatic carbocycles. The zero-order chi connectivity index (χ0) is 11.7. The number of benzene rings is 1. The average molecular weight is 250 g/mol. The van der Waals surface area contributed by atoms with Crippen LogP contribution in [0.5, 0.6) is 0 Å². The highest BCUT2D eigenvalue weighted by molar-refractivity contribution is 6.30. The van der Waals surface area contributed by atoms with E-state index in [1.54, 1.807) is 0 Å². The van der Waals surface area contributed by atoms with Gasteiger partial charge in [0.1, 0.15) is 0 Å². The van der Waals surface area contributed by atoms with Crippen molar-refractivity contribution >= 4 is 11.6 Å². The molecule has 1 aliphatic heterocycles. The molecule has 2 heterocycles. The summed E-state index contributed by atoms with van der Waals surface area (Å²) in [4.78, 5) is 4.41. The van der Waals surface area contributed by atoms with E-state index in [0.29, 0.717) is 10.9 Å². The quantitative estimate of drug-likeness (QED) is 0.889. The van der Waals surface area contributed by atoms with Crippen molar-refractivity contribution in [2.24, 2.45) is 0 Å². The van der Waals surface area contributed by atoms with Crippen molar-refractivity contribution in [3.05, 3.63) is 35.1 Å². The highest BCUT2D eigenvalue weighted by atomic mass is 35.5. The summed E-state index contributed by atoms with van der Waals surface area (Å²) in [6.07, 6.45) is 2.23. The summed E-state index contributed by atoms with van der Waals surface area (Å²) in [5.74, 6) is 1.29. The predicted molar refractivity (Wildman–Crippen MR) is 64.7 cm³/mol. The second kappa shape index (κ2) is 4.47. The largest absolute Gasteiger partial charge is 0.334 e. The maximum atomic E-state index is 5.83. The molecule has 1 saturated heterocycles. The van der Waals surface area contributed by atoms with Gasteiger partial charge in [0.15, 0.2) is 5.82 Å². The van der Waals surface area contributed by atoms with Gasteiger partial charge in [0.05, 0.1) is 6.04 Å². The van der Waals surface area contributed by atoms with Gasteiger partial charge in [-0.1, -0.05) is 16.8 Å². The van der Waals surface area contributed by atoms with Crippen LogP contribution in [-0.4, -0.2) is 16.7 Å². The Morgan fingerprint density at radius 2 is 2.12 bits per heavy atom. The normalized spacial score (nSPS) is 19.7. The van der Waals surface area contributed by atoms with Gasteiger partial charge in [-0.25, -0.2) is 0 Å². The van der Waals surface area contributed by atoms with Gasteiger partial charge in [-0.15, -0.1) is 0 Å². The van der Waals surface area contributed by atoms with Crippen molar-refractivity contribution in [1.82, 2.24) is 15.5 Å². The molecule has 1 N–H and O–H groups in total. The first-order valence-corrected chi connectivity index (χ1v) is 6.03. The Balaban J connectivity index is 1.86. The number of nitrogens with zero attached hydrogens (tertiary/aromatic N) is 2. The molecule has 1 atom stereocenters. The SMILES string of the molecule is Clc1ccc(-c2nc(C3CCCN3)no2)cc1. The van der Waals surface area contributed by atoms with Gasteiger partial charge >= 0.3 is 0 Å². The molecule has 0 amide bonds. The number of nitrogens with one attached hydrogen (secondary N) is 1. The lowest BCUT2D eigenvalue weighted by Gasteiger charge is -2.01. The van der Waals surface area contributed by atoms with Crippen LogP contribution in [0.2, 0.25) is 5.02 Å². The molecule has 0 radical (unpaired) electrons. The highest BCUT2D eigenvalue weighted by Crippen LogP contribution is 2.24. The van der Waals surface area contributed by atoms with Crippen molar-refractivity contribution in [2.75, 3.05) is 6.54 Å². The van der Waals surface area contributed by atoms with Crippen LogP contribution < -0.4 is 5.32 Å². The third-order valence-electron chi connectivity index (χ3n) is 2.90. The number of rotatable bonds is 2. The van der Waals surface area contributed by atoms with Crippen LogP contribution in [0, 0.1) is 0 Å². The van der Waals surface area contributed by atoms with E-state index < -0.39 is 0 Å². The van der Waals surface area contributed by atoms with E-state index in [1.165, 1.54) is 0 Å². The minimum Gasteiger partial charge on any atom is -0.334 e. The Labute approximate surface area is 104 Å². The molecule has 2 aromatic rings. The lowest BCUT2D eigenvalue weighted by Crippen LogP contribution is -2.14. The molecule has 3 rings (SSSR count). The lowest BCUT2D eigenvalue weighted by atomic mass is 10.2. The van der Waals surface area contributed by atoms with E-state index in [9.17, 15) is 0 Å². The van der Waals surface area contributed by atoms with Crippen molar-refractivity contribution in [3.8, 4) is 11.5 Å². The van der Waals surface area contributed by atoms with E-state index in [-0.39, 0.29) is 6.04 Å². The molecule has 0 aliphatic carbocycles. The standard InChI is InChI=1S/C12H12ClN3O/c13-9-5-3-8(4-6-9)12-15-11(16-17-12)10-2-1-7-14-10/h3-6,10,14H,1-2,7H2. The highest BCUT2D eigenvalue weighted by Gasteiger charge is 2.21. The molecule has 5 heteroatoms. The summed E-state index contributed by atoms with van der Waals surface area (Å²) in [6.45, 7) is 1.02. The Kier molecular flexibility index (Phi) is 2.82. The topological polar surface area (TPSA) is 51.0 Å². The van der Waals surface area contributed by atoms with E-state index in [0.717, 1.165) is 30.8 Å². The summed E-state index contributed by atoms with van der Waals surface area (Å²) >= 11 is 5.83. The molecule has 0 bridgehead atoms. The predicted octanol–water partition coefficient (Wildman–Crippen LogP) is 2.81. The summed E-state index contributed by atoms with van der Waals surface area (Å²) in [5.41, 5.74) is 0.895. The molecule has 17 heavy (non-hydrogen) atoms. The number of hydrogen-bond donors (Lipinski definition) is 1. The number of aromatic nitrogens is 2. The first-order valence-electron chi connectivity index (χ1n) is 5.66. The van der Waals surface area contributed by atoms with Gasteiger partial charge in [0.25, 0.3) is 5.89 Å². The second-order valence-corrected chi connectivity index (χ2v) is 4.55. The van der Waals surface area contributed by atoms with Crippen molar-refractivity contribution < 1.29 is 4.52 Å². The van der Waals surface area contributed by atoms with Crippen LogP contribution in [0.15, 0.2) is 28.8 Å². The first-order chi connectivity index (χ1) is 8.33. The van der Waals surface area contributed by atoms with Crippen molar-refractivity contribution in [1.29, 1.82) is 0 Å². The Hall–Kier alpha value is -1.39. The van der Waals surface area contributed by atoms with Gasteiger partial charge in [0.2, 0.25) is 0 Å². The minimum absolute atomic E-state index is 0.236. The smallest absolute Gasteiger partial charge is 0.257 e. The molecule has 1 aliphatic rings. The Morgan fingerprint density at radius 1 is 1.29 bits per heavy atom. The summed E-state index contributed by atoms with van der Waals surface area (Å²) < 4.78 is 5.26. The molecule has 0 saturated carbocycles. The van der Waals surface area contributed by atoms with Gasteiger partial charge < -0.3 is 9.84 Å². The van der Waals surface area contributed by atoms with E-state index >= 15 is 0 Å². The fourth-order valence-electron chi connectivity index (χ4n) is 1.99. The maximum absolute atomic E-state index is 5.83. The third kappa shape index (κ3) is 2.18. The molecular weight excluding hydrogens is 238 g/mol. The first kappa shape index (κ1) is 10.7. The van der Waals surface area contributed by atoms with Gasteiger partial charge in [0, 0.05) is 10.6 Å². The molecule has 1 fully saturated rings. The van der Waals surface area contributed by atoms with E-state index in [1.807, 2.05) is 24.3 Å². The fraction of sp³-hybridized carbons (Fsp3) is 0.333. The van der Waals surface area contributed by atoms with E-state index in [4.69, 9.17) is 16.1 Å². The number of hydrogen-bond acceptors (Lipinski definition) is 4. The van der Waals surface area contributed by atoms with Gasteiger partial charge in [-0.3, -0.25) is 0 Å². The van der Waals surface area contributed by atoms with Crippen molar-refractivity contribution in [2.45, 2.75) is 18.9 Å². The van der Waals surface area contributed by atoms with Crippen LogP contribution in [0.1, 0.15) is 24.7 Å². The molecule has 1 unspecified atom stereocenters. The van der Waals surface area contributed by atoms with E-state index in [2.05, 4.69) is 15.5 Å². The van der Waals surface area contributed by atoms with Gasteiger partial charge in [-0.05, 0) is 43.7 Å². The van der Waals surface area contributed by atoms with Crippen LogP contribution in [0.25, 0.3) is 11.5 Å². The minimum atomic E-state index is 0.236. The Morgan fingerprint density at radius 3 is 2.82 bits per heavy atom. The summed E-state index contributed by atoms with van der Waals surface area (Å²) in [6, 6.07) is 7.62. The maximum Gasteiger partial charge on any atom is 0.257 e. The van der Waals surface area contributed by atoms with Gasteiger partial charge in [-0.2, -0.15) is 4.98 Å². The van der Waals surface area contributed by atoms with Crippen LogP contribution in [0.3, 0.4) is 0 Å². The zero-order valence-electron chi connectivity index (χ0n) is 9.19. The number of halogens is 1. The van der Waals surface area contributed by atoms with Crippen LogP contribution in [-0.2, 0) is 0 Å². The van der Waals surface area contributed by atoms with Crippen LogP contribution >= 0.6 is 11.6 Å². The fourth-order valence-corrected chi connectivity index (χ4v) is 2.12. The third-order valence-corrected chi connectivity index (χ3v) is 3.16. The summed E-state index contributed by atoms with van der Waals surface area (Å²) in [5, 5.41) is 8.06. The average Bonchev–Trinajstić information content (AvgIpc) is 3.00. The molecule has 1 aromatic heterocycles. The molecular formula is C12H12ClN3O.